The van der Waals surface area contributed by atoms with E-state index in [9.17, 15) is 9.90 Å². The minimum absolute atomic E-state index is 0.0273. The van der Waals surface area contributed by atoms with Crippen LogP contribution in [-0.4, -0.2) is 24.4 Å². The van der Waals surface area contributed by atoms with Crippen LogP contribution in [0.25, 0.3) is 17.2 Å². The predicted octanol–water partition coefficient (Wildman–Crippen LogP) is 6.36. The Morgan fingerprint density at radius 2 is 1.73 bits per heavy atom. The molecule has 0 aliphatic heterocycles. The Morgan fingerprint density at radius 1 is 1.10 bits per heavy atom. The van der Waals surface area contributed by atoms with Crippen LogP contribution < -0.4 is 5.32 Å². The standard InChI is InChI=1S/C24H19BrClNO3/c25-22-13-16(26)12-15(23(22)28)6-5-11-27-24(29)30-14-21-19-9-3-1-7-17(19)18-8-2-4-10-20(18)21/h1-10,12-13,21,28H,11,14H2,(H,27,29). The van der Waals surface area contributed by atoms with E-state index in [4.69, 9.17) is 16.3 Å². The van der Waals surface area contributed by atoms with Crippen molar-refractivity contribution < 1.29 is 14.6 Å². The molecule has 6 heteroatoms. The van der Waals surface area contributed by atoms with Crippen LogP contribution >= 0.6 is 27.5 Å². The Kier molecular flexibility index (Phi) is 6.11. The highest BCUT2D eigenvalue weighted by molar-refractivity contribution is 9.10. The summed E-state index contributed by atoms with van der Waals surface area (Å²) in [5.74, 6) is 0.122. The second-order valence-corrected chi connectivity index (χ2v) is 8.23. The van der Waals surface area contributed by atoms with E-state index in [0.29, 0.717) is 15.1 Å². The van der Waals surface area contributed by atoms with E-state index in [1.165, 1.54) is 22.3 Å². The first-order valence-electron chi connectivity index (χ1n) is 9.48. The molecule has 1 aliphatic carbocycles. The van der Waals surface area contributed by atoms with Crippen LogP contribution in [0.5, 0.6) is 5.75 Å². The fourth-order valence-electron chi connectivity index (χ4n) is 3.69. The van der Waals surface area contributed by atoms with Crippen LogP contribution in [0.4, 0.5) is 4.79 Å². The molecular formula is C24H19BrClNO3. The lowest BCUT2D eigenvalue weighted by Crippen LogP contribution is -2.26. The first kappa shape index (κ1) is 20.5. The number of halogens is 2. The number of rotatable bonds is 5. The molecule has 0 heterocycles. The molecule has 3 aromatic rings. The summed E-state index contributed by atoms with van der Waals surface area (Å²) in [4.78, 5) is 12.2. The normalized spacial score (nSPS) is 12.6. The van der Waals surface area contributed by atoms with Crippen molar-refractivity contribution in [3.63, 3.8) is 0 Å². The average molecular weight is 485 g/mol. The molecule has 1 amide bonds. The third kappa shape index (κ3) is 4.23. The molecule has 3 aromatic carbocycles. The summed E-state index contributed by atoms with van der Waals surface area (Å²) >= 11 is 9.24. The molecule has 30 heavy (non-hydrogen) atoms. The zero-order chi connectivity index (χ0) is 21.1. The highest BCUT2D eigenvalue weighted by Gasteiger charge is 2.28. The molecule has 0 aromatic heterocycles. The maximum Gasteiger partial charge on any atom is 0.407 e. The Morgan fingerprint density at radius 3 is 2.40 bits per heavy atom. The molecule has 4 rings (SSSR count). The van der Waals surface area contributed by atoms with Crippen LogP contribution in [0.2, 0.25) is 5.02 Å². The van der Waals surface area contributed by atoms with Gasteiger partial charge < -0.3 is 15.2 Å². The molecule has 0 saturated carbocycles. The number of alkyl carbamates (subject to hydrolysis) is 1. The Hall–Kier alpha value is -2.76. The maximum atomic E-state index is 12.2. The molecule has 152 valence electrons. The fourth-order valence-corrected chi connectivity index (χ4v) is 4.52. The van der Waals surface area contributed by atoms with Gasteiger partial charge in [-0.05, 0) is 50.3 Å². The van der Waals surface area contributed by atoms with Crippen molar-refractivity contribution in [1.29, 1.82) is 0 Å². The number of phenols is 1. The number of carbonyl (C=O) groups is 1. The highest BCUT2D eigenvalue weighted by atomic mass is 79.9. The van der Waals surface area contributed by atoms with Gasteiger partial charge in [0.1, 0.15) is 12.4 Å². The number of ether oxygens (including phenoxy) is 1. The number of fused-ring (bicyclic) bond motifs is 3. The number of benzene rings is 3. The zero-order valence-electron chi connectivity index (χ0n) is 15.9. The van der Waals surface area contributed by atoms with Crippen molar-refractivity contribution in [2.24, 2.45) is 0 Å². The number of carbonyl (C=O) groups excluding carboxylic acids is 1. The number of amides is 1. The fraction of sp³-hybridized carbons (Fsp3) is 0.125. The van der Waals surface area contributed by atoms with Gasteiger partial charge >= 0.3 is 6.09 Å². The summed E-state index contributed by atoms with van der Waals surface area (Å²) in [6, 6.07) is 19.7. The number of hydrogen-bond acceptors (Lipinski definition) is 3. The van der Waals surface area contributed by atoms with Gasteiger partial charge in [-0.1, -0.05) is 72.3 Å². The minimum atomic E-state index is -0.488. The minimum Gasteiger partial charge on any atom is -0.506 e. The molecule has 1 aliphatic rings. The monoisotopic (exact) mass is 483 g/mol. The van der Waals surface area contributed by atoms with Crippen LogP contribution in [0.1, 0.15) is 22.6 Å². The van der Waals surface area contributed by atoms with E-state index in [1.807, 2.05) is 24.3 Å². The van der Waals surface area contributed by atoms with E-state index >= 15 is 0 Å². The molecule has 0 unspecified atom stereocenters. The number of phenolic OH excluding ortho intramolecular Hbond substituents is 1. The molecule has 0 saturated heterocycles. The summed E-state index contributed by atoms with van der Waals surface area (Å²) in [5, 5.41) is 13.2. The van der Waals surface area contributed by atoms with E-state index < -0.39 is 6.09 Å². The van der Waals surface area contributed by atoms with Gasteiger partial charge in [-0.15, -0.1) is 0 Å². The lowest BCUT2D eigenvalue weighted by Gasteiger charge is -2.14. The largest absolute Gasteiger partial charge is 0.506 e. The van der Waals surface area contributed by atoms with Crippen molar-refractivity contribution >= 4 is 39.7 Å². The van der Waals surface area contributed by atoms with Crippen molar-refractivity contribution in [3.8, 4) is 16.9 Å². The summed E-state index contributed by atoms with van der Waals surface area (Å²) in [5.41, 5.74) is 5.29. The van der Waals surface area contributed by atoms with E-state index in [1.54, 1.807) is 24.3 Å². The average Bonchev–Trinajstić information content (AvgIpc) is 3.07. The summed E-state index contributed by atoms with van der Waals surface area (Å²) in [6.45, 7) is 0.534. The van der Waals surface area contributed by atoms with Gasteiger partial charge in [-0.2, -0.15) is 0 Å². The topological polar surface area (TPSA) is 58.6 Å². The highest BCUT2D eigenvalue weighted by Crippen LogP contribution is 2.44. The summed E-state index contributed by atoms with van der Waals surface area (Å²) in [6.07, 6.45) is 2.92. The van der Waals surface area contributed by atoms with Gasteiger partial charge in [-0.25, -0.2) is 4.79 Å². The summed E-state index contributed by atoms with van der Waals surface area (Å²) < 4.78 is 6.01. The molecule has 0 bridgehead atoms. The van der Waals surface area contributed by atoms with E-state index in [-0.39, 0.29) is 24.8 Å². The molecule has 2 N–H and O–H groups in total. The third-order valence-electron chi connectivity index (χ3n) is 5.06. The number of nitrogens with one attached hydrogen (secondary N) is 1. The Labute approximate surface area is 188 Å². The van der Waals surface area contributed by atoms with Crippen LogP contribution in [-0.2, 0) is 4.74 Å². The van der Waals surface area contributed by atoms with Gasteiger partial charge in [0.05, 0.1) is 4.47 Å². The summed E-state index contributed by atoms with van der Waals surface area (Å²) in [7, 11) is 0. The molecule has 0 atom stereocenters. The van der Waals surface area contributed by atoms with Crippen LogP contribution in [0.15, 0.2) is 71.2 Å². The lowest BCUT2D eigenvalue weighted by atomic mass is 9.98. The van der Waals surface area contributed by atoms with Gasteiger partial charge in [0.25, 0.3) is 0 Å². The van der Waals surface area contributed by atoms with Crippen LogP contribution in [0.3, 0.4) is 0 Å². The maximum absolute atomic E-state index is 12.2. The van der Waals surface area contributed by atoms with Crippen molar-refractivity contribution in [1.82, 2.24) is 5.32 Å². The predicted molar refractivity (Wildman–Crippen MR) is 123 cm³/mol. The Balaban J connectivity index is 1.35. The van der Waals surface area contributed by atoms with Crippen molar-refractivity contribution in [2.75, 3.05) is 13.2 Å². The Bertz CT molecular complexity index is 1080. The first-order chi connectivity index (χ1) is 14.5. The van der Waals surface area contributed by atoms with Gasteiger partial charge in [-0.3, -0.25) is 0 Å². The molecule has 0 fully saturated rings. The van der Waals surface area contributed by atoms with Gasteiger partial charge in [0.15, 0.2) is 0 Å². The molecule has 0 spiro atoms. The lowest BCUT2D eigenvalue weighted by molar-refractivity contribution is 0.144. The van der Waals surface area contributed by atoms with Crippen molar-refractivity contribution in [3.05, 3.63) is 92.9 Å². The smallest absolute Gasteiger partial charge is 0.407 e. The zero-order valence-corrected chi connectivity index (χ0v) is 18.3. The molecule has 4 nitrogen and oxygen atoms in total. The van der Waals surface area contributed by atoms with E-state index in [0.717, 1.165) is 0 Å². The second-order valence-electron chi connectivity index (χ2n) is 6.93. The SMILES string of the molecule is O=C(NCC=Cc1cc(Cl)cc(Br)c1O)OCC1c2ccccc2-c2ccccc21. The molecular weight excluding hydrogens is 466 g/mol. The van der Waals surface area contributed by atoms with Crippen molar-refractivity contribution in [2.45, 2.75) is 5.92 Å². The van der Waals surface area contributed by atoms with E-state index in [2.05, 4.69) is 45.5 Å². The van der Waals surface area contributed by atoms with Gasteiger partial charge in [0, 0.05) is 23.0 Å². The number of hydrogen-bond donors (Lipinski definition) is 2. The van der Waals surface area contributed by atoms with Gasteiger partial charge in [0.2, 0.25) is 0 Å². The quantitative estimate of drug-likeness (QED) is 0.443. The number of aromatic hydroxyl groups is 1. The molecule has 0 radical (unpaired) electrons. The second kappa shape index (κ2) is 8.94. The first-order valence-corrected chi connectivity index (χ1v) is 10.6. The van der Waals surface area contributed by atoms with Crippen LogP contribution in [0, 0.1) is 0 Å². The third-order valence-corrected chi connectivity index (χ3v) is 5.89.